The second-order valence-corrected chi connectivity index (χ2v) is 3.92. The summed E-state index contributed by atoms with van der Waals surface area (Å²) in [6.07, 6.45) is 1.40. The highest BCUT2D eigenvalue weighted by atomic mass is 16.3. The lowest BCUT2D eigenvalue weighted by Crippen LogP contribution is -2.28. The van der Waals surface area contributed by atoms with E-state index in [2.05, 4.69) is 24.3 Å². The molecular formula is C10H19N3O. The maximum Gasteiger partial charge on any atom is 0.0947 e. The molecule has 0 aliphatic heterocycles. The first kappa shape index (κ1) is 11.2. The van der Waals surface area contributed by atoms with Gasteiger partial charge in [-0.05, 0) is 6.92 Å². The number of aliphatic hydroxyl groups is 1. The first-order valence-corrected chi connectivity index (χ1v) is 4.92. The van der Waals surface area contributed by atoms with Gasteiger partial charge in [-0.1, -0.05) is 13.8 Å². The normalized spacial score (nSPS) is 13.6. The number of nitrogens with one attached hydrogen (secondary N) is 1. The Morgan fingerprint density at radius 3 is 2.64 bits per heavy atom. The fraction of sp³-hybridized carbons (Fsp3) is 0.700. The van der Waals surface area contributed by atoms with E-state index in [0.717, 1.165) is 11.3 Å². The summed E-state index contributed by atoms with van der Waals surface area (Å²) >= 11 is 0. The Labute approximate surface area is 84.9 Å². The third-order valence-corrected chi connectivity index (χ3v) is 2.13. The molecular weight excluding hydrogens is 178 g/mol. The number of hydrogen-bond donors (Lipinski definition) is 2. The molecule has 0 saturated carbocycles. The van der Waals surface area contributed by atoms with Gasteiger partial charge in [0, 0.05) is 31.4 Å². The fourth-order valence-electron chi connectivity index (χ4n) is 1.40. The lowest BCUT2D eigenvalue weighted by Gasteiger charge is -2.13. The third kappa shape index (κ3) is 2.82. The molecule has 0 aliphatic rings. The summed E-state index contributed by atoms with van der Waals surface area (Å²) in [7, 11) is 1.86. The molecule has 2 N–H and O–H groups in total. The topological polar surface area (TPSA) is 50.1 Å². The van der Waals surface area contributed by atoms with Gasteiger partial charge in [0.1, 0.15) is 0 Å². The second-order valence-electron chi connectivity index (χ2n) is 3.92. The van der Waals surface area contributed by atoms with Gasteiger partial charge in [-0.3, -0.25) is 4.68 Å². The Morgan fingerprint density at radius 1 is 1.57 bits per heavy atom. The predicted molar refractivity (Wildman–Crippen MR) is 56.0 cm³/mol. The van der Waals surface area contributed by atoms with E-state index in [9.17, 15) is 5.11 Å². The van der Waals surface area contributed by atoms with Crippen LogP contribution in [0.1, 0.15) is 31.2 Å². The SMILES string of the molecule is Cc1nn(C)cc1C(O)CNC(C)C. The van der Waals surface area contributed by atoms with Crippen LogP contribution in [0.15, 0.2) is 6.20 Å². The fourth-order valence-corrected chi connectivity index (χ4v) is 1.40. The number of rotatable bonds is 4. The minimum atomic E-state index is -0.467. The molecule has 0 saturated heterocycles. The Balaban J connectivity index is 2.60. The maximum absolute atomic E-state index is 9.85. The summed E-state index contributed by atoms with van der Waals surface area (Å²) in [4.78, 5) is 0. The molecule has 1 rings (SSSR count). The number of hydrogen-bond acceptors (Lipinski definition) is 3. The lowest BCUT2D eigenvalue weighted by molar-refractivity contribution is 0.171. The van der Waals surface area contributed by atoms with E-state index in [1.54, 1.807) is 4.68 Å². The van der Waals surface area contributed by atoms with Crippen LogP contribution in [0.25, 0.3) is 0 Å². The summed E-state index contributed by atoms with van der Waals surface area (Å²) in [5.41, 5.74) is 1.80. The number of aryl methyl sites for hydroxylation is 2. The van der Waals surface area contributed by atoms with Crippen LogP contribution >= 0.6 is 0 Å². The largest absolute Gasteiger partial charge is 0.387 e. The average molecular weight is 197 g/mol. The summed E-state index contributed by atoms with van der Waals surface area (Å²) < 4.78 is 1.73. The van der Waals surface area contributed by atoms with Gasteiger partial charge >= 0.3 is 0 Å². The van der Waals surface area contributed by atoms with Crippen molar-refractivity contribution in [2.24, 2.45) is 7.05 Å². The molecule has 1 aromatic heterocycles. The smallest absolute Gasteiger partial charge is 0.0947 e. The van der Waals surface area contributed by atoms with Crippen LogP contribution in [0.4, 0.5) is 0 Å². The second kappa shape index (κ2) is 4.57. The van der Waals surface area contributed by atoms with Crippen molar-refractivity contribution < 1.29 is 5.11 Å². The zero-order valence-electron chi connectivity index (χ0n) is 9.28. The minimum absolute atomic E-state index is 0.390. The highest BCUT2D eigenvalue weighted by Crippen LogP contribution is 2.14. The molecule has 0 fully saturated rings. The Bertz CT molecular complexity index is 294. The van der Waals surface area contributed by atoms with Gasteiger partial charge in [0.15, 0.2) is 0 Å². The first-order chi connectivity index (χ1) is 6.50. The third-order valence-electron chi connectivity index (χ3n) is 2.13. The zero-order valence-corrected chi connectivity index (χ0v) is 9.28. The Morgan fingerprint density at radius 2 is 2.21 bits per heavy atom. The minimum Gasteiger partial charge on any atom is -0.387 e. The molecule has 1 heterocycles. The van der Waals surface area contributed by atoms with Gasteiger partial charge in [0.2, 0.25) is 0 Å². The standard InChI is InChI=1S/C10H19N3O/c1-7(2)11-5-10(14)9-6-13(4)12-8(9)3/h6-7,10-11,14H,5H2,1-4H3. The van der Waals surface area contributed by atoms with E-state index in [-0.39, 0.29) is 0 Å². The molecule has 14 heavy (non-hydrogen) atoms. The highest BCUT2D eigenvalue weighted by Gasteiger charge is 2.13. The molecule has 0 bridgehead atoms. The van der Waals surface area contributed by atoms with Crippen LogP contribution < -0.4 is 5.32 Å². The molecule has 4 nitrogen and oxygen atoms in total. The van der Waals surface area contributed by atoms with Crippen molar-refractivity contribution in [1.82, 2.24) is 15.1 Å². The van der Waals surface area contributed by atoms with E-state index >= 15 is 0 Å². The van der Waals surface area contributed by atoms with Gasteiger partial charge in [0.05, 0.1) is 11.8 Å². The van der Waals surface area contributed by atoms with Crippen LogP contribution in [0.3, 0.4) is 0 Å². The molecule has 0 spiro atoms. The summed E-state index contributed by atoms with van der Waals surface area (Å²) in [5, 5.41) is 17.2. The van der Waals surface area contributed by atoms with Crippen LogP contribution in [0, 0.1) is 6.92 Å². The van der Waals surface area contributed by atoms with E-state index in [1.165, 1.54) is 0 Å². The molecule has 0 radical (unpaired) electrons. The van der Waals surface area contributed by atoms with Crippen molar-refractivity contribution in [2.45, 2.75) is 32.9 Å². The van der Waals surface area contributed by atoms with Crippen molar-refractivity contribution in [3.8, 4) is 0 Å². The first-order valence-electron chi connectivity index (χ1n) is 4.92. The van der Waals surface area contributed by atoms with Crippen molar-refractivity contribution in [1.29, 1.82) is 0 Å². The molecule has 0 amide bonds. The van der Waals surface area contributed by atoms with Crippen LogP contribution in [0.5, 0.6) is 0 Å². The molecule has 0 aliphatic carbocycles. The number of nitrogens with zero attached hydrogens (tertiary/aromatic N) is 2. The van der Waals surface area contributed by atoms with Crippen molar-refractivity contribution in [3.05, 3.63) is 17.5 Å². The van der Waals surface area contributed by atoms with E-state index in [0.29, 0.717) is 12.6 Å². The van der Waals surface area contributed by atoms with Gasteiger partial charge in [-0.2, -0.15) is 5.10 Å². The number of aromatic nitrogens is 2. The van der Waals surface area contributed by atoms with Crippen molar-refractivity contribution in [3.63, 3.8) is 0 Å². The maximum atomic E-state index is 9.85. The summed E-state index contributed by atoms with van der Waals surface area (Å²) in [6, 6.07) is 0.390. The summed E-state index contributed by atoms with van der Waals surface area (Å²) in [5.74, 6) is 0. The van der Waals surface area contributed by atoms with Crippen LogP contribution in [-0.2, 0) is 7.05 Å². The zero-order chi connectivity index (χ0) is 10.7. The predicted octanol–water partition coefficient (Wildman–Crippen LogP) is 0.760. The molecule has 1 aromatic rings. The van der Waals surface area contributed by atoms with Gasteiger partial charge in [0.25, 0.3) is 0 Å². The van der Waals surface area contributed by atoms with Gasteiger partial charge in [-0.25, -0.2) is 0 Å². The Hall–Kier alpha value is -0.870. The monoisotopic (exact) mass is 197 g/mol. The van der Waals surface area contributed by atoms with Gasteiger partial charge in [-0.15, -0.1) is 0 Å². The van der Waals surface area contributed by atoms with Gasteiger partial charge < -0.3 is 10.4 Å². The lowest BCUT2D eigenvalue weighted by atomic mass is 10.1. The molecule has 0 aromatic carbocycles. The van der Waals surface area contributed by atoms with E-state index in [4.69, 9.17) is 0 Å². The molecule has 1 unspecified atom stereocenters. The molecule has 1 atom stereocenters. The van der Waals surface area contributed by atoms with E-state index < -0.39 is 6.10 Å². The highest BCUT2D eigenvalue weighted by molar-refractivity contribution is 5.18. The average Bonchev–Trinajstić information content (AvgIpc) is 2.41. The van der Waals surface area contributed by atoms with Crippen molar-refractivity contribution in [2.75, 3.05) is 6.54 Å². The van der Waals surface area contributed by atoms with Crippen molar-refractivity contribution >= 4 is 0 Å². The Kier molecular flexibility index (Phi) is 3.66. The van der Waals surface area contributed by atoms with Crippen LogP contribution in [0.2, 0.25) is 0 Å². The van der Waals surface area contributed by atoms with Crippen LogP contribution in [-0.4, -0.2) is 27.5 Å². The number of aliphatic hydroxyl groups excluding tert-OH is 1. The summed E-state index contributed by atoms with van der Waals surface area (Å²) in [6.45, 7) is 6.60. The quantitative estimate of drug-likeness (QED) is 0.749. The molecule has 80 valence electrons. The molecule has 4 heteroatoms. The van der Waals surface area contributed by atoms with E-state index in [1.807, 2.05) is 20.2 Å².